The monoisotopic (exact) mass is 186 g/mol. The Bertz CT molecular complexity index is 381. The van der Waals surface area contributed by atoms with Crippen molar-refractivity contribution in [1.29, 1.82) is 0 Å². The van der Waals surface area contributed by atoms with Crippen molar-refractivity contribution in [2.75, 3.05) is 7.05 Å². The van der Waals surface area contributed by atoms with Crippen LogP contribution >= 0.6 is 22.9 Å². The molecular formula is C7H7ClN2S. The van der Waals surface area contributed by atoms with Crippen molar-refractivity contribution in [3.05, 3.63) is 21.2 Å². The van der Waals surface area contributed by atoms with E-state index in [1.54, 1.807) is 11.3 Å². The lowest BCUT2D eigenvalue weighted by molar-refractivity contribution is 0.436. The van der Waals surface area contributed by atoms with E-state index in [0.29, 0.717) is 5.16 Å². The number of nitrogens with one attached hydrogen (secondary N) is 1. The fourth-order valence-corrected chi connectivity index (χ4v) is 2.25. The average molecular weight is 187 g/mol. The van der Waals surface area contributed by atoms with Gasteiger partial charge in [-0.05, 0) is 11.4 Å². The van der Waals surface area contributed by atoms with Gasteiger partial charge in [-0.1, -0.05) is 11.6 Å². The van der Waals surface area contributed by atoms with Gasteiger partial charge in [0.05, 0.1) is 4.53 Å². The highest BCUT2D eigenvalue weighted by molar-refractivity contribution is 7.07. The molecule has 0 unspecified atom stereocenters. The summed E-state index contributed by atoms with van der Waals surface area (Å²) in [6, 6.07) is 2.01. The minimum Gasteiger partial charge on any atom is -0.296 e. The van der Waals surface area contributed by atoms with E-state index in [0.717, 1.165) is 5.22 Å². The molecule has 1 aliphatic heterocycles. The summed E-state index contributed by atoms with van der Waals surface area (Å²) >= 11 is 7.62. The maximum atomic E-state index is 5.93. The number of nitrogens with zero attached hydrogens (tertiary/aromatic N) is 1. The lowest BCUT2D eigenvalue weighted by atomic mass is 10.4. The SMILES string of the molecule is CN1C=c2sccc2=C(Cl)N1. The van der Waals surface area contributed by atoms with Crippen LogP contribution in [0.3, 0.4) is 0 Å². The second-order valence-electron chi connectivity index (χ2n) is 2.36. The fraction of sp³-hybridized carbons (Fsp3) is 0.143. The molecule has 4 heteroatoms. The van der Waals surface area contributed by atoms with E-state index in [1.807, 2.05) is 29.7 Å². The molecule has 0 spiro atoms. The van der Waals surface area contributed by atoms with Crippen LogP contribution in [0, 0.1) is 0 Å². The third-order valence-electron chi connectivity index (χ3n) is 1.52. The Morgan fingerprint density at radius 2 is 2.45 bits per heavy atom. The molecule has 1 aromatic rings. The lowest BCUT2D eigenvalue weighted by Gasteiger charge is -2.18. The number of rotatable bonds is 0. The molecule has 0 atom stereocenters. The van der Waals surface area contributed by atoms with Gasteiger partial charge in [0.1, 0.15) is 5.16 Å². The van der Waals surface area contributed by atoms with Crippen LogP contribution < -0.4 is 15.2 Å². The van der Waals surface area contributed by atoms with Crippen molar-refractivity contribution >= 4 is 34.3 Å². The number of hydrogen-bond donors (Lipinski definition) is 1. The lowest BCUT2D eigenvalue weighted by Crippen LogP contribution is -2.40. The van der Waals surface area contributed by atoms with E-state index in [1.165, 1.54) is 4.53 Å². The van der Waals surface area contributed by atoms with Crippen molar-refractivity contribution < 1.29 is 0 Å². The van der Waals surface area contributed by atoms with Crippen molar-refractivity contribution in [1.82, 2.24) is 10.4 Å². The van der Waals surface area contributed by atoms with Gasteiger partial charge in [0.15, 0.2) is 0 Å². The van der Waals surface area contributed by atoms with E-state index in [2.05, 4.69) is 5.43 Å². The zero-order valence-electron chi connectivity index (χ0n) is 5.97. The highest BCUT2D eigenvalue weighted by atomic mass is 35.5. The van der Waals surface area contributed by atoms with Gasteiger partial charge in [-0.2, -0.15) is 0 Å². The van der Waals surface area contributed by atoms with Crippen molar-refractivity contribution in [3.8, 4) is 0 Å². The molecule has 0 saturated heterocycles. The largest absolute Gasteiger partial charge is 0.296 e. The molecule has 0 radical (unpaired) electrons. The minimum absolute atomic E-state index is 0.700. The van der Waals surface area contributed by atoms with E-state index < -0.39 is 0 Å². The Kier molecular flexibility index (Phi) is 1.55. The third kappa shape index (κ3) is 1.10. The van der Waals surface area contributed by atoms with E-state index >= 15 is 0 Å². The molecule has 0 fully saturated rings. The molecule has 2 heterocycles. The van der Waals surface area contributed by atoms with Crippen LogP contribution in [0.5, 0.6) is 0 Å². The number of fused-ring (bicyclic) bond motifs is 1. The van der Waals surface area contributed by atoms with E-state index in [9.17, 15) is 0 Å². The van der Waals surface area contributed by atoms with Crippen molar-refractivity contribution in [2.24, 2.45) is 0 Å². The van der Waals surface area contributed by atoms with Gasteiger partial charge >= 0.3 is 0 Å². The molecule has 11 heavy (non-hydrogen) atoms. The minimum atomic E-state index is 0.700. The molecule has 2 nitrogen and oxygen atoms in total. The molecule has 0 aliphatic carbocycles. The van der Waals surface area contributed by atoms with Gasteiger partial charge in [0, 0.05) is 18.5 Å². The summed E-state index contributed by atoms with van der Waals surface area (Å²) in [6.07, 6.45) is 2.02. The highest BCUT2D eigenvalue weighted by Crippen LogP contribution is 1.99. The van der Waals surface area contributed by atoms with E-state index in [4.69, 9.17) is 11.6 Å². The Balaban J connectivity index is 2.80. The van der Waals surface area contributed by atoms with Gasteiger partial charge in [0.25, 0.3) is 0 Å². The maximum Gasteiger partial charge on any atom is 0.129 e. The quantitative estimate of drug-likeness (QED) is 0.584. The second kappa shape index (κ2) is 2.43. The summed E-state index contributed by atoms with van der Waals surface area (Å²) in [5, 5.41) is 5.67. The molecule has 1 N–H and O–H groups in total. The summed E-state index contributed by atoms with van der Waals surface area (Å²) in [6.45, 7) is 0. The standard InChI is InChI=1S/C7H7ClN2S/c1-10-4-6-5(2-3-11-6)7(8)9-10/h2-4,9H,1H3. The normalized spacial score (nSPS) is 15.5. The number of hydrazine groups is 1. The Morgan fingerprint density at radius 3 is 3.27 bits per heavy atom. The van der Waals surface area contributed by atoms with Gasteiger partial charge in [0.2, 0.25) is 0 Å². The summed E-state index contributed by atoms with van der Waals surface area (Å²) in [7, 11) is 1.92. The Morgan fingerprint density at radius 1 is 1.64 bits per heavy atom. The van der Waals surface area contributed by atoms with Crippen LogP contribution in [0.1, 0.15) is 0 Å². The fourth-order valence-electron chi connectivity index (χ4n) is 1.03. The molecule has 0 bridgehead atoms. The van der Waals surface area contributed by atoms with Gasteiger partial charge < -0.3 is 0 Å². The number of halogens is 1. The Hall–Kier alpha value is -0.670. The summed E-state index contributed by atoms with van der Waals surface area (Å²) < 4.78 is 1.20. The molecule has 0 amide bonds. The van der Waals surface area contributed by atoms with Crippen LogP contribution in [-0.4, -0.2) is 12.1 Å². The third-order valence-corrected chi connectivity index (χ3v) is 2.66. The predicted octanol–water partition coefficient (Wildman–Crippen LogP) is 0.241. The Labute approximate surface area is 73.4 Å². The summed E-state index contributed by atoms with van der Waals surface area (Å²) in [4.78, 5) is 0. The smallest absolute Gasteiger partial charge is 0.129 e. The second-order valence-corrected chi connectivity index (χ2v) is 3.69. The molecule has 58 valence electrons. The van der Waals surface area contributed by atoms with E-state index in [-0.39, 0.29) is 0 Å². The van der Waals surface area contributed by atoms with Gasteiger partial charge in [-0.3, -0.25) is 10.4 Å². The van der Waals surface area contributed by atoms with Gasteiger partial charge in [-0.25, -0.2) is 0 Å². The maximum absolute atomic E-state index is 5.93. The first-order chi connectivity index (χ1) is 5.27. The molecule has 0 aromatic carbocycles. The van der Waals surface area contributed by atoms with Crippen LogP contribution in [0.2, 0.25) is 0 Å². The topological polar surface area (TPSA) is 15.3 Å². The van der Waals surface area contributed by atoms with Gasteiger partial charge in [-0.15, -0.1) is 11.3 Å². The number of thiophene rings is 1. The first-order valence-electron chi connectivity index (χ1n) is 3.22. The zero-order chi connectivity index (χ0) is 7.84. The van der Waals surface area contributed by atoms with Crippen LogP contribution in [-0.2, 0) is 0 Å². The molecule has 2 rings (SSSR count). The van der Waals surface area contributed by atoms with Crippen LogP contribution in [0.25, 0.3) is 11.4 Å². The van der Waals surface area contributed by atoms with Crippen molar-refractivity contribution in [2.45, 2.75) is 0 Å². The molecule has 0 saturated carbocycles. The zero-order valence-corrected chi connectivity index (χ0v) is 7.54. The molecular weight excluding hydrogens is 180 g/mol. The predicted molar refractivity (Wildman–Crippen MR) is 48.2 cm³/mol. The molecule has 1 aliphatic rings. The highest BCUT2D eigenvalue weighted by Gasteiger charge is 2.03. The first kappa shape index (κ1) is 7.00. The first-order valence-corrected chi connectivity index (χ1v) is 4.48. The molecule has 1 aromatic heterocycles. The van der Waals surface area contributed by atoms with Crippen molar-refractivity contribution in [3.63, 3.8) is 0 Å². The van der Waals surface area contributed by atoms with Crippen LogP contribution in [0.15, 0.2) is 11.4 Å². The van der Waals surface area contributed by atoms with Crippen LogP contribution in [0.4, 0.5) is 0 Å². The summed E-state index contributed by atoms with van der Waals surface area (Å²) in [5.74, 6) is 0. The summed E-state index contributed by atoms with van der Waals surface area (Å²) in [5.41, 5.74) is 2.99. The number of hydrogen-bond acceptors (Lipinski definition) is 3. The average Bonchev–Trinajstić information content (AvgIpc) is 2.34.